The van der Waals surface area contributed by atoms with Crippen LogP contribution in [0.5, 0.6) is 0 Å². The first-order valence-electron chi connectivity index (χ1n) is 6.91. The van der Waals surface area contributed by atoms with E-state index < -0.39 is 0 Å². The number of rotatable bonds is 5. The summed E-state index contributed by atoms with van der Waals surface area (Å²) in [7, 11) is 0. The quantitative estimate of drug-likeness (QED) is 0.663. The van der Waals surface area contributed by atoms with E-state index in [9.17, 15) is 4.79 Å². The standard InChI is InChI=1S/C18H15NO2/c20-13-16-17(12-11-14-7-3-1-4-8-14)21-19-18(16)15-9-5-2-6-10-15/h1-10,13H,11-12H2. The van der Waals surface area contributed by atoms with Gasteiger partial charge in [0.05, 0.1) is 5.56 Å². The van der Waals surface area contributed by atoms with Crippen LogP contribution in [0.1, 0.15) is 21.7 Å². The van der Waals surface area contributed by atoms with E-state index in [1.54, 1.807) is 0 Å². The number of hydrogen-bond donors (Lipinski definition) is 0. The largest absolute Gasteiger partial charge is 0.360 e. The molecule has 0 amide bonds. The van der Waals surface area contributed by atoms with Gasteiger partial charge in [-0.25, -0.2) is 0 Å². The van der Waals surface area contributed by atoms with Crippen LogP contribution in [0.2, 0.25) is 0 Å². The van der Waals surface area contributed by atoms with Crippen molar-refractivity contribution in [2.24, 2.45) is 0 Å². The molecule has 3 aromatic rings. The third kappa shape index (κ3) is 2.92. The summed E-state index contributed by atoms with van der Waals surface area (Å²) in [5.41, 5.74) is 3.28. The Kier molecular flexibility index (Phi) is 3.92. The first-order chi connectivity index (χ1) is 10.4. The zero-order chi connectivity index (χ0) is 14.5. The maximum atomic E-state index is 11.4. The highest BCUT2D eigenvalue weighted by Crippen LogP contribution is 2.24. The Hall–Kier alpha value is -2.68. The molecule has 1 aromatic heterocycles. The number of aromatic nitrogens is 1. The van der Waals surface area contributed by atoms with Gasteiger partial charge in [0.2, 0.25) is 0 Å². The lowest BCUT2D eigenvalue weighted by atomic mass is 10.0. The lowest BCUT2D eigenvalue weighted by Gasteiger charge is -1.99. The van der Waals surface area contributed by atoms with E-state index in [2.05, 4.69) is 17.3 Å². The Morgan fingerprint density at radius 1 is 0.905 bits per heavy atom. The minimum atomic E-state index is 0.553. The van der Waals surface area contributed by atoms with E-state index in [0.29, 0.717) is 23.4 Å². The van der Waals surface area contributed by atoms with Crippen LogP contribution >= 0.6 is 0 Å². The van der Waals surface area contributed by atoms with Crippen molar-refractivity contribution in [3.8, 4) is 11.3 Å². The molecule has 3 rings (SSSR count). The number of carbonyl (C=O) groups excluding carboxylic acids is 1. The van der Waals surface area contributed by atoms with Crippen LogP contribution in [0.15, 0.2) is 65.2 Å². The van der Waals surface area contributed by atoms with Gasteiger partial charge in [-0.2, -0.15) is 0 Å². The molecule has 3 heteroatoms. The fraction of sp³-hybridized carbons (Fsp3) is 0.111. The van der Waals surface area contributed by atoms with Gasteiger partial charge < -0.3 is 4.52 Å². The smallest absolute Gasteiger partial charge is 0.155 e. The minimum absolute atomic E-state index is 0.553. The van der Waals surface area contributed by atoms with Gasteiger partial charge in [0, 0.05) is 12.0 Å². The molecule has 0 atom stereocenters. The van der Waals surface area contributed by atoms with Gasteiger partial charge in [-0.3, -0.25) is 4.79 Å². The van der Waals surface area contributed by atoms with Crippen molar-refractivity contribution in [2.45, 2.75) is 12.8 Å². The monoisotopic (exact) mass is 277 g/mol. The maximum absolute atomic E-state index is 11.4. The average Bonchev–Trinajstić information content (AvgIpc) is 2.97. The van der Waals surface area contributed by atoms with Gasteiger partial charge in [0.1, 0.15) is 11.5 Å². The zero-order valence-electron chi connectivity index (χ0n) is 11.5. The van der Waals surface area contributed by atoms with Crippen LogP contribution < -0.4 is 0 Å². The van der Waals surface area contributed by atoms with Crippen LogP contribution in [0.25, 0.3) is 11.3 Å². The van der Waals surface area contributed by atoms with E-state index in [0.717, 1.165) is 18.3 Å². The SMILES string of the molecule is O=Cc1c(-c2ccccc2)noc1CCc1ccccc1. The fourth-order valence-corrected chi connectivity index (χ4v) is 2.34. The fourth-order valence-electron chi connectivity index (χ4n) is 2.34. The van der Waals surface area contributed by atoms with Crippen molar-refractivity contribution >= 4 is 6.29 Å². The molecule has 0 saturated heterocycles. The predicted octanol–water partition coefficient (Wildman–Crippen LogP) is 3.94. The van der Waals surface area contributed by atoms with Gasteiger partial charge >= 0.3 is 0 Å². The van der Waals surface area contributed by atoms with Crippen LogP contribution in [-0.4, -0.2) is 11.4 Å². The normalized spacial score (nSPS) is 10.5. The lowest BCUT2D eigenvalue weighted by molar-refractivity contribution is 0.112. The molecular formula is C18H15NO2. The van der Waals surface area contributed by atoms with Crippen molar-refractivity contribution in [2.75, 3.05) is 0 Å². The summed E-state index contributed by atoms with van der Waals surface area (Å²) in [5, 5.41) is 4.06. The van der Waals surface area contributed by atoms with Gasteiger partial charge in [0.25, 0.3) is 0 Å². The number of carbonyl (C=O) groups is 1. The zero-order valence-corrected chi connectivity index (χ0v) is 11.5. The summed E-state index contributed by atoms with van der Waals surface area (Å²) in [6.45, 7) is 0. The molecule has 0 saturated carbocycles. The molecule has 0 aliphatic rings. The van der Waals surface area contributed by atoms with Crippen LogP contribution in [0.3, 0.4) is 0 Å². The summed E-state index contributed by atoms with van der Waals surface area (Å²) >= 11 is 0. The second kappa shape index (κ2) is 6.18. The topological polar surface area (TPSA) is 43.1 Å². The maximum Gasteiger partial charge on any atom is 0.155 e. The third-order valence-electron chi connectivity index (χ3n) is 3.45. The highest BCUT2D eigenvalue weighted by Gasteiger charge is 2.16. The summed E-state index contributed by atoms with van der Waals surface area (Å²) in [5.74, 6) is 0.646. The first-order valence-corrected chi connectivity index (χ1v) is 6.91. The summed E-state index contributed by atoms with van der Waals surface area (Å²) in [4.78, 5) is 11.4. The van der Waals surface area contributed by atoms with Crippen molar-refractivity contribution in [3.63, 3.8) is 0 Å². The second-order valence-electron chi connectivity index (χ2n) is 4.84. The molecule has 104 valence electrons. The molecule has 21 heavy (non-hydrogen) atoms. The van der Waals surface area contributed by atoms with Crippen molar-refractivity contribution in [3.05, 3.63) is 77.6 Å². The highest BCUT2D eigenvalue weighted by atomic mass is 16.5. The van der Waals surface area contributed by atoms with E-state index in [-0.39, 0.29) is 0 Å². The lowest BCUT2D eigenvalue weighted by Crippen LogP contribution is -1.94. The highest BCUT2D eigenvalue weighted by molar-refractivity contribution is 5.86. The molecular weight excluding hydrogens is 262 g/mol. The average molecular weight is 277 g/mol. The molecule has 0 N–H and O–H groups in total. The second-order valence-corrected chi connectivity index (χ2v) is 4.84. The first kappa shape index (κ1) is 13.3. The Balaban J connectivity index is 1.84. The molecule has 0 aliphatic carbocycles. The molecule has 0 fully saturated rings. The Morgan fingerprint density at radius 3 is 2.24 bits per heavy atom. The molecule has 2 aromatic carbocycles. The summed E-state index contributed by atoms with van der Waals surface area (Å²) in [6.07, 6.45) is 2.32. The molecule has 0 unspecified atom stereocenters. The number of hydrogen-bond acceptors (Lipinski definition) is 3. The number of benzene rings is 2. The summed E-state index contributed by atoms with van der Waals surface area (Å²) < 4.78 is 5.38. The van der Waals surface area contributed by atoms with Crippen LogP contribution in [-0.2, 0) is 12.8 Å². The van der Waals surface area contributed by atoms with Crippen molar-refractivity contribution in [1.29, 1.82) is 0 Å². The van der Waals surface area contributed by atoms with Crippen LogP contribution in [0.4, 0.5) is 0 Å². The van der Waals surface area contributed by atoms with Crippen molar-refractivity contribution in [1.82, 2.24) is 5.16 Å². The minimum Gasteiger partial charge on any atom is -0.360 e. The molecule has 0 radical (unpaired) electrons. The molecule has 0 aliphatic heterocycles. The van der Waals surface area contributed by atoms with Crippen LogP contribution in [0, 0.1) is 0 Å². The van der Waals surface area contributed by atoms with E-state index in [4.69, 9.17) is 4.52 Å². The van der Waals surface area contributed by atoms with E-state index in [1.165, 1.54) is 5.56 Å². The number of aldehydes is 1. The summed E-state index contributed by atoms with van der Waals surface area (Å²) in [6, 6.07) is 19.7. The van der Waals surface area contributed by atoms with Gasteiger partial charge in [-0.15, -0.1) is 0 Å². The van der Waals surface area contributed by atoms with Gasteiger partial charge in [-0.1, -0.05) is 65.8 Å². The Labute approximate surface area is 123 Å². The molecule has 0 spiro atoms. The third-order valence-corrected chi connectivity index (χ3v) is 3.45. The van der Waals surface area contributed by atoms with E-state index >= 15 is 0 Å². The Bertz CT molecular complexity index is 717. The number of aryl methyl sites for hydroxylation is 2. The molecule has 1 heterocycles. The Morgan fingerprint density at radius 2 is 1.57 bits per heavy atom. The van der Waals surface area contributed by atoms with Gasteiger partial charge in [0.15, 0.2) is 6.29 Å². The molecule has 3 nitrogen and oxygen atoms in total. The van der Waals surface area contributed by atoms with Crippen molar-refractivity contribution < 1.29 is 9.32 Å². The van der Waals surface area contributed by atoms with E-state index in [1.807, 2.05) is 48.5 Å². The van der Waals surface area contributed by atoms with Gasteiger partial charge in [-0.05, 0) is 12.0 Å². The molecule has 0 bridgehead atoms. The number of nitrogens with zero attached hydrogens (tertiary/aromatic N) is 1. The predicted molar refractivity (Wildman–Crippen MR) is 81.2 cm³/mol.